The monoisotopic (exact) mass is 365 g/mol. The van der Waals surface area contributed by atoms with Crippen LogP contribution in [0.4, 0.5) is 8.78 Å². The first-order valence-electron chi connectivity index (χ1n) is 7.51. The number of aromatic nitrogens is 1. The molecule has 1 aromatic heterocycles. The van der Waals surface area contributed by atoms with Crippen molar-refractivity contribution in [2.45, 2.75) is 13.5 Å². The number of halogens is 3. The topological polar surface area (TPSA) is 44.5 Å². The van der Waals surface area contributed by atoms with Crippen molar-refractivity contribution in [3.63, 3.8) is 0 Å². The van der Waals surface area contributed by atoms with Crippen LogP contribution in [0.5, 0.6) is 11.5 Å². The summed E-state index contributed by atoms with van der Waals surface area (Å²) in [5.74, 6) is 0.444. The number of benzene rings is 2. The van der Waals surface area contributed by atoms with Gasteiger partial charge in [-0.15, -0.1) is 0 Å². The van der Waals surface area contributed by atoms with Gasteiger partial charge in [-0.1, -0.05) is 29.8 Å². The Bertz CT molecular complexity index is 875. The molecule has 0 saturated carbocycles. The second-order valence-electron chi connectivity index (χ2n) is 5.00. The number of alkyl halides is 2. The predicted octanol–water partition coefficient (Wildman–Crippen LogP) is 5.56. The molecule has 0 spiro atoms. The summed E-state index contributed by atoms with van der Waals surface area (Å²) in [6, 6.07) is 11.8. The summed E-state index contributed by atoms with van der Waals surface area (Å²) in [6.45, 7) is -0.866. The summed E-state index contributed by atoms with van der Waals surface area (Å²) < 4.78 is 40.3. The molecule has 0 radical (unpaired) electrons. The fourth-order valence-corrected chi connectivity index (χ4v) is 2.47. The maximum absolute atomic E-state index is 12.4. The normalized spacial score (nSPS) is 12.0. The van der Waals surface area contributed by atoms with Gasteiger partial charge in [0.25, 0.3) is 0 Å². The van der Waals surface area contributed by atoms with Gasteiger partial charge in [0.2, 0.25) is 5.89 Å². The fraction of sp³-hybridized carbons (Fsp3) is 0.167. The Balaban J connectivity index is 1.92. The molecule has 0 amide bonds. The van der Waals surface area contributed by atoms with E-state index in [1.54, 1.807) is 31.2 Å². The van der Waals surface area contributed by atoms with Crippen molar-refractivity contribution in [3.8, 4) is 11.5 Å². The van der Waals surface area contributed by atoms with E-state index < -0.39 is 6.61 Å². The Morgan fingerprint density at radius 2 is 2.04 bits per heavy atom. The molecule has 2 aromatic carbocycles. The second kappa shape index (κ2) is 7.53. The lowest BCUT2D eigenvalue weighted by Crippen LogP contribution is -2.04. The van der Waals surface area contributed by atoms with Crippen molar-refractivity contribution in [1.82, 2.24) is 4.98 Å². The first-order chi connectivity index (χ1) is 12.1. The Kier molecular flexibility index (Phi) is 5.19. The highest BCUT2D eigenvalue weighted by molar-refractivity contribution is 6.50. The minimum atomic E-state index is -2.93. The fourth-order valence-electron chi connectivity index (χ4n) is 2.26. The molecule has 0 aliphatic carbocycles. The lowest BCUT2D eigenvalue weighted by atomic mass is 10.2. The molecule has 0 aliphatic rings. The predicted molar refractivity (Wildman–Crippen MR) is 92.0 cm³/mol. The Hall–Kier alpha value is -2.60. The molecule has 0 saturated heterocycles. The molecule has 3 aromatic rings. The number of para-hydroxylation sites is 2. The van der Waals surface area contributed by atoms with E-state index in [-0.39, 0.29) is 22.4 Å². The van der Waals surface area contributed by atoms with Crippen molar-refractivity contribution in [2.75, 3.05) is 6.61 Å². The van der Waals surface area contributed by atoms with Gasteiger partial charge >= 0.3 is 6.61 Å². The third kappa shape index (κ3) is 4.09. The van der Waals surface area contributed by atoms with Crippen molar-refractivity contribution in [1.29, 1.82) is 0 Å². The molecule has 7 heteroatoms. The molecule has 0 N–H and O–H groups in total. The van der Waals surface area contributed by atoms with Crippen LogP contribution in [0.3, 0.4) is 0 Å². The van der Waals surface area contributed by atoms with E-state index >= 15 is 0 Å². The van der Waals surface area contributed by atoms with Crippen LogP contribution in [0, 0.1) is 0 Å². The van der Waals surface area contributed by atoms with Gasteiger partial charge in [0.15, 0.2) is 17.1 Å². The smallest absolute Gasteiger partial charge is 0.387 e. The average Bonchev–Trinajstić information content (AvgIpc) is 3.01. The van der Waals surface area contributed by atoms with Gasteiger partial charge in [0.05, 0.1) is 6.61 Å². The van der Waals surface area contributed by atoms with Gasteiger partial charge in [-0.2, -0.15) is 8.78 Å². The van der Waals surface area contributed by atoms with E-state index in [1.165, 1.54) is 6.07 Å². The van der Waals surface area contributed by atoms with Gasteiger partial charge in [0.1, 0.15) is 10.5 Å². The van der Waals surface area contributed by atoms with Gasteiger partial charge in [-0.25, -0.2) is 4.98 Å². The molecule has 0 bridgehead atoms. The maximum atomic E-state index is 12.4. The molecule has 0 fully saturated rings. The number of hydrogen-bond donors (Lipinski definition) is 0. The molecule has 130 valence electrons. The molecule has 1 heterocycles. The molecule has 4 nitrogen and oxygen atoms in total. The van der Waals surface area contributed by atoms with Crippen LogP contribution in [0.2, 0.25) is 0 Å². The van der Waals surface area contributed by atoms with E-state index in [4.69, 9.17) is 20.8 Å². The molecular weight excluding hydrogens is 352 g/mol. The third-order valence-corrected chi connectivity index (χ3v) is 3.55. The molecule has 25 heavy (non-hydrogen) atoms. The number of ether oxygens (including phenoxy) is 2. The highest BCUT2D eigenvalue weighted by Gasteiger charge is 2.13. The quantitative estimate of drug-likeness (QED) is 0.573. The van der Waals surface area contributed by atoms with Gasteiger partial charge in [-0.05, 0) is 42.8 Å². The zero-order valence-corrected chi connectivity index (χ0v) is 14.0. The number of fused-ring (bicyclic) bond motifs is 1. The number of hydrogen-bond acceptors (Lipinski definition) is 4. The van der Waals surface area contributed by atoms with Gasteiger partial charge < -0.3 is 13.9 Å². The molecular formula is C18H14ClF2NO3. The molecule has 0 aliphatic heterocycles. The van der Waals surface area contributed by atoms with E-state index in [1.807, 2.05) is 18.2 Å². The highest BCUT2D eigenvalue weighted by Crippen LogP contribution is 2.32. The maximum Gasteiger partial charge on any atom is 0.387 e. The van der Waals surface area contributed by atoms with E-state index in [2.05, 4.69) is 9.72 Å². The van der Waals surface area contributed by atoms with E-state index in [0.29, 0.717) is 23.3 Å². The van der Waals surface area contributed by atoms with Gasteiger partial charge in [0, 0.05) is 0 Å². The van der Waals surface area contributed by atoms with E-state index in [0.717, 1.165) is 0 Å². The highest BCUT2D eigenvalue weighted by atomic mass is 35.5. The number of rotatable bonds is 6. The Labute approximate surface area is 147 Å². The number of oxazole rings is 1. The van der Waals surface area contributed by atoms with Crippen molar-refractivity contribution >= 4 is 33.8 Å². The first kappa shape index (κ1) is 17.2. The minimum absolute atomic E-state index is 0.0352. The molecule has 3 rings (SSSR count). The van der Waals surface area contributed by atoms with Crippen molar-refractivity contribution < 1.29 is 22.7 Å². The Morgan fingerprint density at radius 1 is 1.24 bits per heavy atom. The van der Waals surface area contributed by atoms with Crippen LogP contribution in [0.15, 0.2) is 46.9 Å². The van der Waals surface area contributed by atoms with Crippen molar-refractivity contribution in [2.24, 2.45) is 0 Å². The lowest BCUT2D eigenvalue weighted by Gasteiger charge is -2.11. The van der Waals surface area contributed by atoms with Crippen LogP contribution >= 0.6 is 11.6 Å². The largest absolute Gasteiger partial charge is 0.490 e. The van der Waals surface area contributed by atoms with Crippen molar-refractivity contribution in [3.05, 3.63) is 53.9 Å². The average molecular weight is 366 g/mol. The molecule has 0 atom stereocenters. The third-order valence-electron chi connectivity index (χ3n) is 3.28. The summed E-state index contributed by atoms with van der Waals surface area (Å²) in [6.07, 6.45) is 1.61. The molecule has 0 unspecified atom stereocenters. The zero-order chi connectivity index (χ0) is 17.8. The summed E-state index contributed by atoms with van der Waals surface area (Å²) in [7, 11) is 0. The SMILES string of the molecule is CCOc1cc(/C=C(\Cl)c2nc3ccccc3o2)ccc1OC(F)F. The summed E-state index contributed by atoms with van der Waals surface area (Å²) >= 11 is 6.28. The van der Waals surface area contributed by atoms with Crippen LogP contribution in [-0.2, 0) is 0 Å². The van der Waals surface area contributed by atoms with Crippen LogP contribution in [-0.4, -0.2) is 18.2 Å². The standard InChI is InChI=1S/C18H14ClF2NO3/c1-2-23-16-10-11(7-8-15(16)25-18(20)21)9-12(19)17-22-13-5-3-4-6-14(13)24-17/h3-10,18H,2H2,1H3/b12-9-. The van der Waals surface area contributed by atoms with Crippen LogP contribution < -0.4 is 9.47 Å². The summed E-state index contributed by atoms with van der Waals surface area (Å²) in [4.78, 5) is 4.30. The van der Waals surface area contributed by atoms with E-state index in [9.17, 15) is 8.78 Å². The first-order valence-corrected chi connectivity index (χ1v) is 7.89. The lowest BCUT2D eigenvalue weighted by molar-refractivity contribution is -0.0514. The van der Waals surface area contributed by atoms with Crippen LogP contribution in [0.25, 0.3) is 22.2 Å². The number of nitrogens with zero attached hydrogens (tertiary/aromatic N) is 1. The summed E-state index contributed by atoms with van der Waals surface area (Å²) in [5.41, 5.74) is 1.96. The zero-order valence-electron chi connectivity index (χ0n) is 13.2. The van der Waals surface area contributed by atoms with Crippen LogP contribution in [0.1, 0.15) is 18.4 Å². The Morgan fingerprint density at radius 3 is 2.76 bits per heavy atom. The minimum Gasteiger partial charge on any atom is -0.490 e. The summed E-state index contributed by atoms with van der Waals surface area (Å²) in [5, 5.41) is 0.279. The van der Waals surface area contributed by atoms with Gasteiger partial charge in [-0.3, -0.25) is 0 Å². The second-order valence-corrected chi connectivity index (χ2v) is 5.40.